The Morgan fingerprint density at radius 2 is 0.778 bits per heavy atom. The first-order valence-electron chi connectivity index (χ1n) is 11.2. The largest absolute Gasteiger partial charge is 0.478 e. The lowest BCUT2D eigenvalue weighted by Crippen LogP contribution is -1.99. The molecule has 4 aromatic carbocycles. The van der Waals surface area contributed by atoms with E-state index in [2.05, 4.69) is 0 Å². The average Bonchev–Trinajstić information content (AvgIpc) is 2.90. The molecular formula is C29H25NO6. The molecule has 0 aliphatic carbocycles. The van der Waals surface area contributed by atoms with Crippen LogP contribution in [0.15, 0.2) is 84.9 Å². The molecule has 0 aliphatic heterocycles. The van der Waals surface area contributed by atoms with E-state index in [-0.39, 0.29) is 16.7 Å². The smallest absolute Gasteiger partial charge is 0.335 e. The maximum absolute atomic E-state index is 11.2. The van der Waals surface area contributed by atoms with Gasteiger partial charge in [0.05, 0.1) is 16.7 Å². The highest BCUT2D eigenvalue weighted by atomic mass is 16.4. The van der Waals surface area contributed by atoms with E-state index in [1.54, 1.807) is 36.4 Å². The van der Waals surface area contributed by atoms with Crippen molar-refractivity contribution in [2.75, 3.05) is 5.73 Å². The summed E-state index contributed by atoms with van der Waals surface area (Å²) < 4.78 is 0. The lowest BCUT2D eigenvalue weighted by atomic mass is 9.90. The van der Waals surface area contributed by atoms with Crippen molar-refractivity contribution in [3.05, 3.63) is 102 Å². The summed E-state index contributed by atoms with van der Waals surface area (Å²) in [5.41, 5.74) is 11.7. The number of carbonyl (C=O) groups is 3. The van der Waals surface area contributed by atoms with Gasteiger partial charge in [-0.2, -0.15) is 0 Å². The maximum atomic E-state index is 11.2. The van der Waals surface area contributed by atoms with Crippen molar-refractivity contribution >= 4 is 23.6 Å². The van der Waals surface area contributed by atoms with Crippen molar-refractivity contribution in [2.24, 2.45) is 0 Å². The van der Waals surface area contributed by atoms with Crippen LogP contribution in [0.25, 0.3) is 33.4 Å². The molecule has 0 amide bonds. The molecule has 0 saturated carbocycles. The Labute approximate surface area is 208 Å². The Balaban J connectivity index is 0.00000176. The molecule has 4 rings (SSSR count). The number of aromatic carboxylic acids is 3. The molecule has 0 unspecified atom stereocenters. The van der Waals surface area contributed by atoms with Crippen LogP contribution >= 0.6 is 0 Å². The van der Waals surface area contributed by atoms with Crippen molar-refractivity contribution in [1.82, 2.24) is 0 Å². The Kier molecular flexibility index (Phi) is 7.86. The van der Waals surface area contributed by atoms with Crippen LogP contribution in [-0.2, 0) is 0 Å². The topological polar surface area (TPSA) is 138 Å². The van der Waals surface area contributed by atoms with Crippen LogP contribution in [0.5, 0.6) is 0 Å². The van der Waals surface area contributed by atoms with Gasteiger partial charge in [0.25, 0.3) is 0 Å². The van der Waals surface area contributed by atoms with Crippen molar-refractivity contribution in [3.63, 3.8) is 0 Å². The molecule has 182 valence electrons. The fraction of sp³-hybridized carbons (Fsp3) is 0.0690. The van der Waals surface area contributed by atoms with Gasteiger partial charge in [-0.25, -0.2) is 14.4 Å². The summed E-state index contributed by atoms with van der Waals surface area (Å²) in [5, 5.41) is 27.6. The van der Waals surface area contributed by atoms with E-state index in [1.807, 2.05) is 26.0 Å². The van der Waals surface area contributed by atoms with Crippen molar-refractivity contribution in [2.45, 2.75) is 13.8 Å². The molecule has 36 heavy (non-hydrogen) atoms. The van der Waals surface area contributed by atoms with Gasteiger partial charge in [0.1, 0.15) is 0 Å². The minimum atomic E-state index is -1.04. The molecule has 7 heteroatoms. The van der Waals surface area contributed by atoms with Crippen LogP contribution in [0.4, 0.5) is 5.69 Å². The number of carboxylic acids is 3. The summed E-state index contributed by atoms with van der Waals surface area (Å²) >= 11 is 0. The first kappa shape index (κ1) is 25.7. The number of nitrogens with two attached hydrogens (primary N) is 1. The second-order valence-corrected chi connectivity index (χ2v) is 7.63. The zero-order valence-electron chi connectivity index (χ0n) is 19.7. The Hall–Kier alpha value is -4.91. The molecule has 0 fully saturated rings. The first-order valence-corrected chi connectivity index (χ1v) is 11.2. The van der Waals surface area contributed by atoms with Crippen LogP contribution in [0.1, 0.15) is 44.9 Å². The van der Waals surface area contributed by atoms with Gasteiger partial charge in [-0.3, -0.25) is 0 Å². The van der Waals surface area contributed by atoms with Gasteiger partial charge in [0.15, 0.2) is 0 Å². The number of benzene rings is 4. The Morgan fingerprint density at radius 1 is 0.500 bits per heavy atom. The molecule has 0 aromatic heterocycles. The van der Waals surface area contributed by atoms with Crippen LogP contribution in [0.2, 0.25) is 0 Å². The fourth-order valence-electron chi connectivity index (χ4n) is 3.69. The van der Waals surface area contributed by atoms with E-state index in [4.69, 9.17) is 5.73 Å². The number of nitrogen functional groups attached to an aromatic ring is 1. The van der Waals surface area contributed by atoms with Gasteiger partial charge in [0.2, 0.25) is 0 Å². The average molecular weight is 484 g/mol. The quantitative estimate of drug-likeness (QED) is 0.233. The Bertz CT molecular complexity index is 1330. The zero-order chi connectivity index (χ0) is 26.4. The molecule has 0 atom stereocenters. The van der Waals surface area contributed by atoms with Crippen LogP contribution < -0.4 is 5.73 Å². The predicted molar refractivity (Wildman–Crippen MR) is 139 cm³/mol. The molecule has 0 spiro atoms. The second-order valence-electron chi connectivity index (χ2n) is 7.63. The molecule has 0 aliphatic rings. The molecule has 7 nitrogen and oxygen atoms in total. The van der Waals surface area contributed by atoms with E-state index in [9.17, 15) is 29.7 Å². The standard InChI is InChI=1S/C27H19NO6.C2H6/c28-24-22(16-3-9-19(10-4-16)26(31)32)13-21(15-1-7-18(8-2-15)25(29)30)14-23(24)17-5-11-20(12-6-17)27(33)34;1-2/h1-14H,28H2,(H,29,30)(H,31,32)(H,33,34);1-2H3. The molecule has 0 saturated heterocycles. The second kappa shape index (κ2) is 11.0. The van der Waals surface area contributed by atoms with E-state index in [1.165, 1.54) is 36.4 Å². The first-order chi connectivity index (χ1) is 17.2. The van der Waals surface area contributed by atoms with E-state index >= 15 is 0 Å². The molecule has 4 aromatic rings. The van der Waals surface area contributed by atoms with Crippen LogP contribution in [0.3, 0.4) is 0 Å². The third-order valence-corrected chi connectivity index (χ3v) is 5.53. The number of hydrogen-bond acceptors (Lipinski definition) is 4. The van der Waals surface area contributed by atoms with Gasteiger partial charge in [-0.05, 0) is 70.8 Å². The molecule has 0 radical (unpaired) electrons. The highest BCUT2D eigenvalue weighted by Crippen LogP contribution is 2.39. The molecule has 0 heterocycles. The van der Waals surface area contributed by atoms with Gasteiger partial charge in [-0.1, -0.05) is 50.2 Å². The summed E-state index contributed by atoms with van der Waals surface area (Å²) in [6.45, 7) is 4.00. The maximum Gasteiger partial charge on any atom is 0.335 e. The summed E-state index contributed by atoms with van der Waals surface area (Å²) in [6.07, 6.45) is 0. The number of carboxylic acid groups (broad SMARTS) is 3. The minimum Gasteiger partial charge on any atom is -0.478 e. The van der Waals surface area contributed by atoms with E-state index in [0.29, 0.717) is 27.9 Å². The summed E-state index contributed by atoms with van der Waals surface area (Å²) in [5.74, 6) is -3.10. The summed E-state index contributed by atoms with van der Waals surface area (Å²) in [6, 6.07) is 22.8. The van der Waals surface area contributed by atoms with Gasteiger partial charge < -0.3 is 21.1 Å². The lowest BCUT2D eigenvalue weighted by molar-refractivity contribution is 0.0686. The molecule has 0 bridgehead atoms. The number of rotatable bonds is 6. The molecular weight excluding hydrogens is 458 g/mol. The third kappa shape index (κ3) is 5.42. The molecule has 5 N–H and O–H groups in total. The van der Waals surface area contributed by atoms with Gasteiger partial charge in [0, 0.05) is 16.8 Å². The zero-order valence-corrected chi connectivity index (χ0v) is 19.7. The lowest BCUT2D eigenvalue weighted by Gasteiger charge is -2.16. The number of anilines is 1. The van der Waals surface area contributed by atoms with E-state index < -0.39 is 17.9 Å². The van der Waals surface area contributed by atoms with Crippen LogP contribution in [-0.4, -0.2) is 33.2 Å². The highest BCUT2D eigenvalue weighted by Gasteiger charge is 2.15. The third-order valence-electron chi connectivity index (χ3n) is 5.53. The monoisotopic (exact) mass is 483 g/mol. The van der Waals surface area contributed by atoms with Crippen LogP contribution in [0, 0.1) is 0 Å². The van der Waals surface area contributed by atoms with Crippen molar-refractivity contribution in [3.8, 4) is 33.4 Å². The van der Waals surface area contributed by atoms with Gasteiger partial charge >= 0.3 is 17.9 Å². The fourth-order valence-corrected chi connectivity index (χ4v) is 3.69. The van der Waals surface area contributed by atoms with E-state index in [0.717, 1.165) is 11.1 Å². The summed E-state index contributed by atoms with van der Waals surface area (Å²) in [7, 11) is 0. The minimum absolute atomic E-state index is 0.146. The van der Waals surface area contributed by atoms with Crippen molar-refractivity contribution < 1.29 is 29.7 Å². The summed E-state index contributed by atoms with van der Waals surface area (Å²) in [4.78, 5) is 33.7. The highest BCUT2D eigenvalue weighted by molar-refractivity contribution is 5.96. The number of hydrogen-bond donors (Lipinski definition) is 4. The van der Waals surface area contributed by atoms with Gasteiger partial charge in [-0.15, -0.1) is 0 Å². The van der Waals surface area contributed by atoms with Crippen molar-refractivity contribution in [1.29, 1.82) is 0 Å². The predicted octanol–water partition coefficient (Wildman–Crippen LogP) is 6.39. The normalized spacial score (nSPS) is 10.2. The SMILES string of the molecule is CC.Nc1c(-c2ccc(C(=O)O)cc2)cc(-c2ccc(C(=O)O)cc2)cc1-c1ccc(C(=O)O)cc1. The Morgan fingerprint density at radius 3 is 1.06 bits per heavy atom.